The SMILES string of the molecule is CCCCC1(c2ccc(CN(Cc3cccc(N(CC(=O)OC(C)(C)C)C(=O)OC(C)(C)C)n3)S(=O)(=O)c3cn(C)cn3)cc2)CC1. The van der Waals surface area contributed by atoms with Crippen LogP contribution in [0.25, 0.3) is 0 Å². The van der Waals surface area contributed by atoms with E-state index < -0.39 is 39.8 Å². The lowest BCUT2D eigenvalue weighted by atomic mass is 9.90. The number of aromatic nitrogens is 3. The fourth-order valence-electron chi connectivity index (χ4n) is 5.34. The molecule has 2 heterocycles. The maximum atomic E-state index is 13.9. The van der Waals surface area contributed by atoms with E-state index in [1.807, 2.05) is 12.1 Å². The van der Waals surface area contributed by atoms with Crippen molar-refractivity contribution in [3.63, 3.8) is 0 Å². The molecular weight excluding hydrogens is 618 g/mol. The van der Waals surface area contributed by atoms with E-state index in [1.54, 1.807) is 71.4 Å². The summed E-state index contributed by atoms with van der Waals surface area (Å²) in [5, 5.41) is -0.0791. The Kier molecular flexibility index (Phi) is 10.9. The number of unbranched alkanes of at least 4 members (excludes halogenated alkanes) is 1. The summed E-state index contributed by atoms with van der Waals surface area (Å²) in [4.78, 5) is 36.0. The number of aryl methyl sites for hydroxylation is 1. The summed E-state index contributed by atoms with van der Waals surface area (Å²) in [7, 11) is -2.33. The molecule has 0 unspecified atom stereocenters. The molecule has 0 radical (unpaired) electrons. The highest BCUT2D eigenvalue weighted by molar-refractivity contribution is 7.89. The lowest BCUT2D eigenvalue weighted by molar-refractivity contribution is -0.153. The maximum Gasteiger partial charge on any atom is 0.416 e. The first-order valence-electron chi connectivity index (χ1n) is 16.2. The number of carbonyl (C=O) groups excluding carboxylic acids is 2. The first-order chi connectivity index (χ1) is 21.9. The van der Waals surface area contributed by atoms with Crippen molar-refractivity contribution in [2.75, 3.05) is 11.4 Å². The van der Waals surface area contributed by atoms with Gasteiger partial charge in [-0.3, -0.25) is 9.69 Å². The molecule has 11 nitrogen and oxygen atoms in total. The summed E-state index contributed by atoms with van der Waals surface area (Å²) in [6.07, 6.45) is 8.01. The van der Waals surface area contributed by atoms with E-state index in [4.69, 9.17) is 9.47 Å². The van der Waals surface area contributed by atoms with Gasteiger partial charge >= 0.3 is 12.1 Å². The number of hydrogen-bond acceptors (Lipinski definition) is 8. The topological polar surface area (TPSA) is 124 Å². The Hall–Kier alpha value is -3.77. The van der Waals surface area contributed by atoms with Crippen LogP contribution in [-0.2, 0) is 49.8 Å². The molecule has 0 spiro atoms. The second-order valence-electron chi connectivity index (χ2n) is 14.4. The second-order valence-corrected chi connectivity index (χ2v) is 16.3. The van der Waals surface area contributed by atoms with Crippen LogP contribution in [0.3, 0.4) is 0 Å². The van der Waals surface area contributed by atoms with Gasteiger partial charge in [0.1, 0.15) is 23.6 Å². The molecule has 1 amide bonds. The van der Waals surface area contributed by atoms with Crippen molar-refractivity contribution in [2.24, 2.45) is 7.05 Å². The Labute approximate surface area is 279 Å². The van der Waals surface area contributed by atoms with E-state index in [1.165, 1.54) is 48.1 Å². The van der Waals surface area contributed by atoms with Gasteiger partial charge in [-0.05, 0) is 89.5 Å². The second kappa shape index (κ2) is 14.1. The zero-order chi connectivity index (χ0) is 34.6. The maximum absolute atomic E-state index is 13.9. The normalized spacial score (nSPS) is 14.6. The zero-order valence-electron chi connectivity index (χ0n) is 28.9. The van der Waals surface area contributed by atoms with Crippen LogP contribution in [0.15, 0.2) is 60.0 Å². The molecule has 1 saturated carbocycles. The average Bonchev–Trinajstić information content (AvgIpc) is 3.63. The predicted octanol–water partition coefficient (Wildman–Crippen LogP) is 6.51. The van der Waals surface area contributed by atoms with Gasteiger partial charge < -0.3 is 14.0 Å². The molecule has 1 aliphatic carbocycles. The van der Waals surface area contributed by atoms with Gasteiger partial charge in [0.25, 0.3) is 10.0 Å². The van der Waals surface area contributed by atoms with Crippen LogP contribution >= 0.6 is 0 Å². The summed E-state index contributed by atoms with van der Waals surface area (Å²) in [5.74, 6) is -0.509. The van der Waals surface area contributed by atoms with E-state index in [0.29, 0.717) is 5.69 Å². The first kappa shape index (κ1) is 36.1. The number of esters is 1. The van der Waals surface area contributed by atoms with Crippen LogP contribution in [0.2, 0.25) is 0 Å². The highest BCUT2D eigenvalue weighted by Crippen LogP contribution is 2.52. The van der Waals surface area contributed by atoms with Crippen LogP contribution in [-0.4, -0.2) is 57.1 Å². The summed E-state index contributed by atoms with van der Waals surface area (Å²) < 4.78 is 41.9. The van der Waals surface area contributed by atoms with Crippen molar-refractivity contribution in [3.05, 3.63) is 71.8 Å². The fraction of sp³-hybridized carbons (Fsp3) is 0.543. The third-order valence-electron chi connectivity index (χ3n) is 7.80. The highest BCUT2D eigenvalue weighted by atomic mass is 32.2. The molecule has 2 aromatic heterocycles. The lowest BCUT2D eigenvalue weighted by Gasteiger charge is -2.28. The van der Waals surface area contributed by atoms with Gasteiger partial charge in [0.2, 0.25) is 0 Å². The Morgan fingerprint density at radius 2 is 1.62 bits per heavy atom. The molecule has 0 bridgehead atoms. The van der Waals surface area contributed by atoms with Crippen LogP contribution < -0.4 is 4.90 Å². The molecule has 0 aliphatic heterocycles. The molecule has 47 heavy (non-hydrogen) atoms. The van der Waals surface area contributed by atoms with Crippen LogP contribution in [0.4, 0.5) is 10.6 Å². The van der Waals surface area contributed by atoms with Gasteiger partial charge in [-0.2, -0.15) is 4.31 Å². The minimum absolute atomic E-state index is 0.0791. The molecule has 256 valence electrons. The Bertz CT molecular complexity index is 1650. The molecule has 4 rings (SSSR count). The number of hydrogen-bond donors (Lipinski definition) is 0. The Morgan fingerprint density at radius 1 is 0.957 bits per heavy atom. The largest absolute Gasteiger partial charge is 0.459 e. The van der Waals surface area contributed by atoms with Crippen molar-refractivity contribution < 1.29 is 27.5 Å². The number of nitrogens with zero attached hydrogens (tertiary/aromatic N) is 5. The molecule has 3 aromatic rings. The number of carbonyl (C=O) groups is 2. The van der Waals surface area contributed by atoms with Gasteiger partial charge in [0.05, 0.1) is 18.6 Å². The molecule has 0 saturated heterocycles. The minimum atomic E-state index is -4.05. The standard InChI is InChI=1S/C35H49N5O6S/c1-9-10-18-35(19-20-35)27-16-14-26(15-17-27)21-39(47(43,44)30-23-38(8)25-36-30)22-28-12-11-13-29(37-28)40(32(42)46-34(5,6)7)24-31(41)45-33(2,3)4/h11-17,23,25H,9-10,18-22,24H2,1-8H3. The fourth-order valence-corrected chi connectivity index (χ4v) is 6.71. The number of pyridine rings is 1. The van der Waals surface area contributed by atoms with E-state index in [9.17, 15) is 18.0 Å². The molecule has 1 aromatic carbocycles. The van der Waals surface area contributed by atoms with E-state index in [-0.39, 0.29) is 29.3 Å². The van der Waals surface area contributed by atoms with Gasteiger partial charge in [0.15, 0.2) is 5.03 Å². The average molecular weight is 668 g/mol. The van der Waals surface area contributed by atoms with Gasteiger partial charge in [-0.1, -0.05) is 50.1 Å². The number of amides is 1. The minimum Gasteiger partial charge on any atom is -0.459 e. The van der Waals surface area contributed by atoms with Crippen LogP contribution in [0.5, 0.6) is 0 Å². The van der Waals surface area contributed by atoms with Crippen LogP contribution in [0, 0.1) is 0 Å². The molecule has 0 atom stereocenters. The number of rotatable bonds is 13. The summed E-state index contributed by atoms with van der Waals surface area (Å²) in [5.41, 5.74) is 1.15. The predicted molar refractivity (Wildman–Crippen MR) is 180 cm³/mol. The third kappa shape index (κ3) is 9.87. The molecule has 12 heteroatoms. The van der Waals surface area contributed by atoms with E-state index >= 15 is 0 Å². The van der Waals surface area contributed by atoms with E-state index in [2.05, 4.69) is 29.0 Å². The van der Waals surface area contributed by atoms with Crippen molar-refractivity contribution >= 4 is 27.9 Å². The zero-order valence-corrected chi connectivity index (χ0v) is 29.8. The number of sulfonamides is 1. The van der Waals surface area contributed by atoms with Gasteiger partial charge in [-0.25, -0.2) is 23.2 Å². The van der Waals surface area contributed by atoms with Crippen molar-refractivity contribution in [2.45, 2.75) is 115 Å². The summed E-state index contributed by atoms with van der Waals surface area (Å²) in [6, 6.07) is 13.2. The number of imidazole rings is 1. The van der Waals surface area contributed by atoms with Crippen LogP contribution in [0.1, 0.15) is 97.4 Å². The number of ether oxygens (including phenoxy) is 2. The summed E-state index contributed by atoms with van der Waals surface area (Å²) in [6.45, 7) is 12.1. The molecule has 0 N–H and O–H groups in total. The highest BCUT2D eigenvalue weighted by Gasteiger charge is 2.43. The molecular formula is C35H49N5O6S. The Balaban J connectivity index is 1.64. The Morgan fingerprint density at radius 3 is 2.17 bits per heavy atom. The van der Waals surface area contributed by atoms with Crippen molar-refractivity contribution in [1.82, 2.24) is 18.8 Å². The van der Waals surface area contributed by atoms with Crippen molar-refractivity contribution in [1.29, 1.82) is 0 Å². The van der Waals surface area contributed by atoms with Gasteiger partial charge in [-0.15, -0.1) is 0 Å². The first-order valence-corrected chi connectivity index (χ1v) is 17.6. The number of anilines is 1. The monoisotopic (exact) mass is 667 g/mol. The third-order valence-corrected chi connectivity index (χ3v) is 9.48. The summed E-state index contributed by atoms with van der Waals surface area (Å²) >= 11 is 0. The molecule has 1 aliphatic rings. The quantitative estimate of drug-likeness (QED) is 0.189. The van der Waals surface area contributed by atoms with Crippen molar-refractivity contribution in [3.8, 4) is 0 Å². The van der Waals surface area contributed by atoms with E-state index in [0.717, 1.165) is 16.9 Å². The van der Waals surface area contributed by atoms with Gasteiger partial charge in [0, 0.05) is 19.8 Å². The number of benzene rings is 1. The molecule has 1 fully saturated rings. The lowest BCUT2D eigenvalue weighted by Crippen LogP contribution is -2.42. The smallest absolute Gasteiger partial charge is 0.416 e.